The molecule has 1 heterocycles. The first kappa shape index (κ1) is 17.7. The molecule has 2 atom stereocenters. The second kappa shape index (κ2) is 8.24. The third-order valence-electron chi connectivity index (χ3n) is 4.11. The number of para-hydroxylation sites is 1. The number of nitrogens with zero attached hydrogens (tertiary/aromatic N) is 1. The summed E-state index contributed by atoms with van der Waals surface area (Å²) in [5.74, 6) is 1.54. The van der Waals surface area contributed by atoms with Gasteiger partial charge in [0.25, 0.3) is 0 Å². The van der Waals surface area contributed by atoms with Crippen LogP contribution in [0.4, 0.5) is 0 Å². The lowest BCUT2D eigenvalue weighted by molar-refractivity contribution is -0.140. The van der Waals surface area contributed by atoms with Gasteiger partial charge in [0.05, 0.1) is 19.6 Å². The van der Waals surface area contributed by atoms with E-state index in [0.717, 1.165) is 17.1 Å². The number of rotatable bonds is 6. The fraction of sp³-hybridized carbons (Fsp3) is 0.529. The number of hydrogen-bond donors (Lipinski definition) is 1. The van der Waals surface area contributed by atoms with Gasteiger partial charge in [-0.1, -0.05) is 25.1 Å². The monoisotopic (exact) mass is 337 g/mol. The van der Waals surface area contributed by atoms with Gasteiger partial charge in [0, 0.05) is 24.5 Å². The third-order valence-corrected chi connectivity index (χ3v) is 5.20. The zero-order valence-corrected chi connectivity index (χ0v) is 14.3. The Labute approximate surface area is 141 Å². The lowest BCUT2D eigenvalue weighted by Crippen LogP contribution is -2.47. The van der Waals surface area contributed by atoms with Gasteiger partial charge in [0.1, 0.15) is 5.75 Å². The van der Waals surface area contributed by atoms with Crippen molar-refractivity contribution < 1.29 is 19.4 Å². The lowest BCUT2D eigenvalue weighted by Gasteiger charge is -2.35. The molecule has 1 fully saturated rings. The number of carboxylic acids is 1. The van der Waals surface area contributed by atoms with Crippen LogP contribution in [0.5, 0.6) is 5.75 Å². The van der Waals surface area contributed by atoms with Crippen LogP contribution in [0.2, 0.25) is 0 Å². The van der Waals surface area contributed by atoms with Gasteiger partial charge in [-0.25, -0.2) is 0 Å². The SMILES string of the molecule is COc1ccccc1C(C)CC(=O)N1CCSCC1CC(=O)O. The highest BCUT2D eigenvalue weighted by Crippen LogP contribution is 2.30. The van der Waals surface area contributed by atoms with Crippen molar-refractivity contribution in [1.82, 2.24) is 4.90 Å². The molecule has 126 valence electrons. The van der Waals surface area contributed by atoms with Gasteiger partial charge >= 0.3 is 5.97 Å². The van der Waals surface area contributed by atoms with Crippen molar-refractivity contribution in [2.45, 2.75) is 31.7 Å². The minimum Gasteiger partial charge on any atom is -0.496 e. The van der Waals surface area contributed by atoms with Crippen molar-refractivity contribution in [2.75, 3.05) is 25.2 Å². The minimum atomic E-state index is -0.854. The summed E-state index contributed by atoms with van der Waals surface area (Å²) in [6.45, 7) is 2.63. The molecule has 1 aromatic rings. The Morgan fingerprint density at radius 3 is 2.87 bits per heavy atom. The highest BCUT2D eigenvalue weighted by molar-refractivity contribution is 7.99. The topological polar surface area (TPSA) is 66.8 Å². The van der Waals surface area contributed by atoms with Crippen molar-refractivity contribution in [2.24, 2.45) is 0 Å². The Morgan fingerprint density at radius 2 is 2.17 bits per heavy atom. The van der Waals surface area contributed by atoms with Gasteiger partial charge in [-0.05, 0) is 17.5 Å². The molecule has 0 aliphatic carbocycles. The Morgan fingerprint density at radius 1 is 1.43 bits per heavy atom. The number of carbonyl (C=O) groups excluding carboxylic acids is 1. The Kier molecular flexibility index (Phi) is 6.33. The van der Waals surface area contributed by atoms with E-state index in [2.05, 4.69) is 0 Å². The maximum Gasteiger partial charge on any atom is 0.305 e. The number of thioether (sulfide) groups is 1. The Balaban J connectivity index is 2.05. The Hall–Kier alpha value is -1.69. The number of methoxy groups -OCH3 is 1. The largest absolute Gasteiger partial charge is 0.496 e. The van der Waals surface area contributed by atoms with E-state index in [0.29, 0.717) is 18.7 Å². The number of carboxylic acid groups (broad SMARTS) is 1. The van der Waals surface area contributed by atoms with E-state index in [1.165, 1.54) is 0 Å². The zero-order valence-electron chi connectivity index (χ0n) is 13.5. The minimum absolute atomic E-state index is 0.0157. The molecule has 0 saturated carbocycles. The van der Waals surface area contributed by atoms with Gasteiger partial charge in [0.15, 0.2) is 0 Å². The summed E-state index contributed by atoms with van der Waals surface area (Å²) in [5, 5.41) is 9.03. The quantitative estimate of drug-likeness (QED) is 0.864. The first-order valence-corrected chi connectivity index (χ1v) is 8.90. The van der Waals surface area contributed by atoms with Gasteiger partial charge < -0.3 is 14.7 Å². The van der Waals surface area contributed by atoms with E-state index in [4.69, 9.17) is 9.84 Å². The molecule has 0 bridgehead atoms. The van der Waals surface area contributed by atoms with E-state index >= 15 is 0 Å². The van der Waals surface area contributed by atoms with Crippen LogP contribution >= 0.6 is 11.8 Å². The maximum atomic E-state index is 12.7. The molecule has 6 heteroatoms. The predicted molar refractivity (Wildman–Crippen MR) is 91.1 cm³/mol. The second-order valence-corrected chi connectivity index (χ2v) is 6.91. The number of carbonyl (C=O) groups is 2. The number of benzene rings is 1. The average Bonchev–Trinajstić information content (AvgIpc) is 2.54. The molecule has 2 rings (SSSR count). The fourth-order valence-corrected chi connectivity index (χ4v) is 3.98. The predicted octanol–water partition coefficient (Wildman–Crippen LogP) is 2.61. The number of aliphatic carboxylic acids is 1. The normalized spacial score (nSPS) is 19.2. The molecule has 0 spiro atoms. The molecule has 23 heavy (non-hydrogen) atoms. The molecule has 0 radical (unpaired) electrons. The molecule has 1 amide bonds. The molecule has 2 unspecified atom stereocenters. The van der Waals surface area contributed by atoms with Crippen LogP contribution in [0.15, 0.2) is 24.3 Å². The molecule has 1 saturated heterocycles. The summed E-state index contributed by atoms with van der Waals surface area (Å²) >= 11 is 1.71. The van der Waals surface area contributed by atoms with Gasteiger partial charge in [-0.3, -0.25) is 9.59 Å². The molecular weight excluding hydrogens is 314 g/mol. The van der Waals surface area contributed by atoms with Crippen molar-refractivity contribution in [1.29, 1.82) is 0 Å². The molecule has 1 aliphatic heterocycles. The standard InChI is InChI=1S/C17H23NO4S/c1-12(14-5-3-4-6-15(14)22-2)9-16(19)18-7-8-23-11-13(18)10-17(20)21/h3-6,12-13H,7-11H2,1-2H3,(H,20,21). The first-order valence-electron chi connectivity index (χ1n) is 7.74. The summed E-state index contributed by atoms with van der Waals surface area (Å²) in [6, 6.07) is 7.49. The number of hydrogen-bond acceptors (Lipinski definition) is 4. The smallest absolute Gasteiger partial charge is 0.305 e. The van der Waals surface area contributed by atoms with Crippen LogP contribution in [0.1, 0.15) is 31.2 Å². The number of ether oxygens (including phenoxy) is 1. The maximum absolute atomic E-state index is 12.7. The van der Waals surface area contributed by atoms with Crippen LogP contribution in [0.3, 0.4) is 0 Å². The van der Waals surface area contributed by atoms with Crippen molar-refractivity contribution in [3.8, 4) is 5.75 Å². The summed E-state index contributed by atoms with van der Waals surface area (Å²) in [6.07, 6.45) is 0.378. The zero-order chi connectivity index (χ0) is 16.8. The van der Waals surface area contributed by atoms with E-state index in [9.17, 15) is 9.59 Å². The molecule has 1 N–H and O–H groups in total. The summed E-state index contributed by atoms with van der Waals surface area (Å²) in [5.41, 5.74) is 1.00. The van der Waals surface area contributed by atoms with Crippen molar-refractivity contribution in [3.05, 3.63) is 29.8 Å². The third kappa shape index (κ3) is 4.64. The van der Waals surface area contributed by atoms with Crippen LogP contribution in [-0.4, -0.2) is 53.1 Å². The van der Waals surface area contributed by atoms with E-state index in [-0.39, 0.29) is 24.3 Å². The number of amides is 1. The highest BCUT2D eigenvalue weighted by atomic mass is 32.2. The van der Waals surface area contributed by atoms with Gasteiger partial charge in [-0.15, -0.1) is 0 Å². The first-order chi connectivity index (χ1) is 11.0. The summed E-state index contributed by atoms with van der Waals surface area (Å²) < 4.78 is 5.36. The highest BCUT2D eigenvalue weighted by Gasteiger charge is 2.29. The molecule has 1 aliphatic rings. The van der Waals surface area contributed by atoms with E-state index < -0.39 is 5.97 Å². The summed E-state index contributed by atoms with van der Waals surface area (Å²) in [4.78, 5) is 25.4. The summed E-state index contributed by atoms with van der Waals surface area (Å²) in [7, 11) is 1.62. The lowest BCUT2D eigenvalue weighted by atomic mass is 9.95. The van der Waals surface area contributed by atoms with Crippen LogP contribution in [0.25, 0.3) is 0 Å². The van der Waals surface area contributed by atoms with Crippen molar-refractivity contribution in [3.63, 3.8) is 0 Å². The van der Waals surface area contributed by atoms with E-state index in [1.54, 1.807) is 23.8 Å². The van der Waals surface area contributed by atoms with E-state index in [1.807, 2.05) is 31.2 Å². The molecule has 0 aromatic heterocycles. The second-order valence-electron chi connectivity index (χ2n) is 5.76. The van der Waals surface area contributed by atoms with Gasteiger partial charge in [0.2, 0.25) is 5.91 Å². The fourth-order valence-electron chi connectivity index (χ4n) is 2.92. The van der Waals surface area contributed by atoms with Gasteiger partial charge in [-0.2, -0.15) is 11.8 Å². The van der Waals surface area contributed by atoms with Crippen molar-refractivity contribution >= 4 is 23.6 Å². The molecule has 5 nitrogen and oxygen atoms in total. The van der Waals surface area contributed by atoms with Crippen LogP contribution < -0.4 is 4.74 Å². The van der Waals surface area contributed by atoms with Crippen LogP contribution in [0, 0.1) is 0 Å². The van der Waals surface area contributed by atoms with Crippen LogP contribution in [-0.2, 0) is 9.59 Å². The average molecular weight is 337 g/mol. The Bertz CT molecular complexity index is 563. The molecular formula is C17H23NO4S. The molecule has 1 aromatic carbocycles.